The van der Waals surface area contributed by atoms with Gasteiger partial charge in [-0.1, -0.05) is 37.2 Å². The van der Waals surface area contributed by atoms with Gasteiger partial charge in [0.05, 0.1) is 6.61 Å². The van der Waals surface area contributed by atoms with Crippen molar-refractivity contribution in [3.63, 3.8) is 0 Å². The topological polar surface area (TPSA) is 68.4 Å². The van der Waals surface area contributed by atoms with Crippen LogP contribution in [0, 0.1) is 0 Å². The Hall–Kier alpha value is -1.88. The maximum Gasteiger partial charge on any atom is 0.229 e. The number of aliphatic hydroxyl groups excluding tert-OH is 1. The molecule has 0 aliphatic heterocycles. The lowest BCUT2D eigenvalue weighted by atomic mass is 10.2. The Balaban J connectivity index is 2.02. The highest BCUT2D eigenvalue weighted by Gasteiger charge is 2.10. The predicted octanol–water partition coefficient (Wildman–Crippen LogP) is 2.26. The number of ether oxygens (including phenoxy) is 1. The van der Waals surface area contributed by atoms with Crippen LogP contribution in [0.15, 0.2) is 28.8 Å². The second kappa shape index (κ2) is 5.64. The normalized spacial score (nSPS) is 10.9. The molecule has 0 saturated heterocycles. The second-order valence-corrected chi connectivity index (χ2v) is 4.26. The molecule has 5 heteroatoms. The van der Waals surface area contributed by atoms with Gasteiger partial charge in [0, 0.05) is 11.5 Å². The summed E-state index contributed by atoms with van der Waals surface area (Å²) >= 11 is 0. The molecule has 1 aromatic heterocycles. The summed E-state index contributed by atoms with van der Waals surface area (Å²) < 4.78 is 10.6. The van der Waals surface area contributed by atoms with Gasteiger partial charge in [-0.05, 0) is 6.07 Å². The van der Waals surface area contributed by atoms with Gasteiger partial charge in [-0.3, -0.25) is 0 Å². The van der Waals surface area contributed by atoms with Crippen LogP contribution in [-0.2, 0) is 13.2 Å². The van der Waals surface area contributed by atoms with E-state index in [1.54, 1.807) is 6.07 Å². The number of nitrogens with zero attached hydrogens (tertiary/aromatic N) is 2. The number of aromatic nitrogens is 2. The third kappa shape index (κ3) is 2.87. The van der Waals surface area contributed by atoms with Crippen LogP contribution < -0.4 is 4.74 Å². The predicted molar refractivity (Wildman–Crippen MR) is 65.1 cm³/mol. The van der Waals surface area contributed by atoms with Crippen molar-refractivity contribution in [3.8, 4) is 5.75 Å². The first-order valence-electron chi connectivity index (χ1n) is 5.84. The highest BCUT2D eigenvalue weighted by Crippen LogP contribution is 2.19. The molecule has 0 saturated carbocycles. The van der Waals surface area contributed by atoms with Gasteiger partial charge in [0.2, 0.25) is 11.7 Å². The zero-order valence-electron chi connectivity index (χ0n) is 10.5. The lowest BCUT2D eigenvalue weighted by molar-refractivity contribution is 0.252. The number of benzene rings is 1. The summed E-state index contributed by atoms with van der Waals surface area (Å²) in [4.78, 5) is 4.22. The van der Waals surface area contributed by atoms with Crippen LogP contribution in [-0.4, -0.2) is 15.2 Å². The van der Waals surface area contributed by atoms with Gasteiger partial charge >= 0.3 is 0 Å². The zero-order valence-corrected chi connectivity index (χ0v) is 10.5. The van der Waals surface area contributed by atoms with Crippen molar-refractivity contribution in [2.75, 3.05) is 0 Å². The van der Waals surface area contributed by atoms with Crippen LogP contribution in [0.25, 0.3) is 0 Å². The van der Waals surface area contributed by atoms with Gasteiger partial charge in [-0.2, -0.15) is 4.98 Å². The SMILES string of the molecule is CC(C)c1nc(COc2ccccc2CO)no1. The van der Waals surface area contributed by atoms with Gasteiger partial charge in [0.25, 0.3) is 0 Å². The molecular weight excluding hydrogens is 232 g/mol. The molecule has 18 heavy (non-hydrogen) atoms. The minimum absolute atomic E-state index is 0.0559. The minimum atomic E-state index is -0.0559. The van der Waals surface area contributed by atoms with E-state index in [0.29, 0.717) is 17.5 Å². The molecule has 2 aromatic rings. The van der Waals surface area contributed by atoms with Crippen molar-refractivity contribution in [2.24, 2.45) is 0 Å². The van der Waals surface area contributed by atoms with Crippen molar-refractivity contribution in [1.82, 2.24) is 10.1 Å². The summed E-state index contributed by atoms with van der Waals surface area (Å²) in [5.74, 6) is 1.95. The van der Waals surface area contributed by atoms with Gasteiger partial charge in [0.1, 0.15) is 5.75 Å². The summed E-state index contributed by atoms with van der Waals surface area (Å²) in [6, 6.07) is 7.31. The molecule has 96 valence electrons. The highest BCUT2D eigenvalue weighted by molar-refractivity contribution is 5.32. The average Bonchev–Trinajstić information content (AvgIpc) is 2.85. The van der Waals surface area contributed by atoms with Gasteiger partial charge in [0.15, 0.2) is 6.61 Å². The quantitative estimate of drug-likeness (QED) is 0.879. The maximum absolute atomic E-state index is 9.16. The van der Waals surface area contributed by atoms with Crippen molar-refractivity contribution in [1.29, 1.82) is 0 Å². The van der Waals surface area contributed by atoms with E-state index in [0.717, 1.165) is 5.56 Å². The van der Waals surface area contributed by atoms with Crippen molar-refractivity contribution in [2.45, 2.75) is 33.0 Å². The summed E-state index contributed by atoms with van der Waals surface area (Å²) in [6.45, 7) is 4.14. The molecule has 0 atom stereocenters. The number of para-hydroxylation sites is 1. The first kappa shape index (κ1) is 12.6. The lowest BCUT2D eigenvalue weighted by Crippen LogP contribution is -2.00. The standard InChI is InChI=1S/C13H16N2O3/c1-9(2)13-14-12(15-18-13)8-17-11-6-4-3-5-10(11)7-16/h3-6,9,16H,7-8H2,1-2H3. The summed E-state index contributed by atoms with van der Waals surface area (Å²) in [5.41, 5.74) is 0.741. The van der Waals surface area contributed by atoms with E-state index in [2.05, 4.69) is 10.1 Å². The van der Waals surface area contributed by atoms with E-state index in [4.69, 9.17) is 14.4 Å². The summed E-state index contributed by atoms with van der Waals surface area (Å²) in [6.07, 6.45) is 0. The van der Waals surface area contributed by atoms with Crippen LogP contribution in [0.2, 0.25) is 0 Å². The van der Waals surface area contributed by atoms with Crippen molar-refractivity contribution in [3.05, 3.63) is 41.5 Å². The molecule has 0 aliphatic rings. The molecule has 0 radical (unpaired) electrons. The summed E-state index contributed by atoms with van der Waals surface area (Å²) in [7, 11) is 0. The molecule has 1 aromatic carbocycles. The van der Waals surface area contributed by atoms with E-state index >= 15 is 0 Å². The molecule has 0 amide bonds. The molecule has 0 spiro atoms. The Bertz CT molecular complexity index is 508. The fraction of sp³-hybridized carbons (Fsp3) is 0.385. The van der Waals surface area contributed by atoms with Gasteiger partial charge < -0.3 is 14.4 Å². The fourth-order valence-electron chi connectivity index (χ4n) is 1.48. The van der Waals surface area contributed by atoms with Crippen LogP contribution >= 0.6 is 0 Å². The fourth-order valence-corrected chi connectivity index (χ4v) is 1.48. The number of hydrogen-bond acceptors (Lipinski definition) is 5. The third-order valence-corrected chi connectivity index (χ3v) is 2.48. The molecule has 0 fully saturated rings. The number of rotatable bonds is 5. The monoisotopic (exact) mass is 248 g/mol. The van der Waals surface area contributed by atoms with Crippen molar-refractivity contribution < 1.29 is 14.4 Å². The molecule has 2 rings (SSSR count). The molecule has 5 nitrogen and oxygen atoms in total. The lowest BCUT2D eigenvalue weighted by Gasteiger charge is -2.07. The number of aliphatic hydroxyl groups is 1. The maximum atomic E-state index is 9.16. The third-order valence-electron chi connectivity index (χ3n) is 2.48. The smallest absolute Gasteiger partial charge is 0.229 e. The largest absolute Gasteiger partial charge is 0.485 e. The van der Waals surface area contributed by atoms with Crippen LogP contribution in [0.3, 0.4) is 0 Å². The first-order valence-corrected chi connectivity index (χ1v) is 5.84. The van der Waals surface area contributed by atoms with Crippen LogP contribution in [0.5, 0.6) is 5.75 Å². The Morgan fingerprint density at radius 2 is 2.11 bits per heavy atom. The van der Waals surface area contributed by atoms with E-state index in [-0.39, 0.29) is 19.1 Å². The molecular formula is C13H16N2O3. The van der Waals surface area contributed by atoms with E-state index in [1.807, 2.05) is 32.0 Å². The van der Waals surface area contributed by atoms with Crippen LogP contribution in [0.1, 0.15) is 37.0 Å². The van der Waals surface area contributed by atoms with Gasteiger partial charge in [-0.25, -0.2) is 0 Å². The number of hydrogen-bond donors (Lipinski definition) is 1. The molecule has 0 unspecified atom stereocenters. The summed E-state index contributed by atoms with van der Waals surface area (Å²) in [5, 5.41) is 13.0. The van der Waals surface area contributed by atoms with Crippen LogP contribution in [0.4, 0.5) is 0 Å². The van der Waals surface area contributed by atoms with E-state index in [9.17, 15) is 0 Å². The molecule has 1 N–H and O–H groups in total. The Morgan fingerprint density at radius 1 is 1.33 bits per heavy atom. The molecule has 1 heterocycles. The average molecular weight is 248 g/mol. The Morgan fingerprint density at radius 3 is 2.78 bits per heavy atom. The molecule has 0 aliphatic carbocycles. The first-order chi connectivity index (χ1) is 8.70. The zero-order chi connectivity index (χ0) is 13.0. The van der Waals surface area contributed by atoms with E-state index < -0.39 is 0 Å². The Kier molecular flexibility index (Phi) is 3.94. The van der Waals surface area contributed by atoms with Crippen molar-refractivity contribution >= 4 is 0 Å². The van der Waals surface area contributed by atoms with E-state index in [1.165, 1.54) is 0 Å². The second-order valence-electron chi connectivity index (χ2n) is 4.26. The Labute approximate surface area is 105 Å². The van der Waals surface area contributed by atoms with Gasteiger partial charge in [-0.15, -0.1) is 0 Å². The highest BCUT2D eigenvalue weighted by atomic mass is 16.5. The minimum Gasteiger partial charge on any atom is -0.485 e. The molecule has 0 bridgehead atoms.